The highest BCUT2D eigenvalue weighted by Crippen LogP contribution is 2.57. The lowest BCUT2D eigenvalue weighted by molar-refractivity contribution is 0.0224. The Morgan fingerprint density at radius 1 is 0.875 bits per heavy atom. The van der Waals surface area contributed by atoms with Crippen molar-refractivity contribution in [1.82, 2.24) is 0 Å². The predicted molar refractivity (Wildman–Crippen MR) is 121 cm³/mol. The van der Waals surface area contributed by atoms with Gasteiger partial charge in [0.2, 0.25) is 0 Å². The molecule has 3 aromatic carbocycles. The van der Waals surface area contributed by atoms with Crippen LogP contribution in [-0.4, -0.2) is 22.7 Å². The highest BCUT2D eigenvalue weighted by molar-refractivity contribution is 6.02. The summed E-state index contributed by atoms with van der Waals surface area (Å²) in [7, 11) is 0. The summed E-state index contributed by atoms with van der Waals surface area (Å²) in [6.07, 6.45) is 4.52. The van der Waals surface area contributed by atoms with Gasteiger partial charge in [-0.2, -0.15) is 0 Å². The first-order chi connectivity index (χ1) is 15.5. The molecule has 32 heavy (non-hydrogen) atoms. The molecular formula is C26H25NO5. The number of anilines is 1. The summed E-state index contributed by atoms with van der Waals surface area (Å²) in [4.78, 5) is 13.2. The second kappa shape index (κ2) is 7.79. The molecule has 1 spiro atoms. The third-order valence-corrected chi connectivity index (χ3v) is 6.15. The Kier molecular flexibility index (Phi) is 4.93. The van der Waals surface area contributed by atoms with Gasteiger partial charge in [0.15, 0.2) is 5.60 Å². The zero-order valence-corrected chi connectivity index (χ0v) is 17.9. The van der Waals surface area contributed by atoms with E-state index in [1.807, 2.05) is 18.2 Å². The number of unbranched alkanes of at least 4 members (excludes halogenated alkanes) is 3. The Morgan fingerprint density at radius 2 is 1.56 bits per heavy atom. The summed E-state index contributed by atoms with van der Waals surface area (Å²) < 4.78 is 12.1. The molecule has 0 aliphatic carbocycles. The number of hydrogen-bond donors (Lipinski definition) is 3. The topological polar surface area (TPSA) is 88.0 Å². The number of rotatable bonds is 6. The van der Waals surface area contributed by atoms with E-state index in [2.05, 4.69) is 12.2 Å². The number of aromatic hydroxyl groups is 2. The third-order valence-electron chi connectivity index (χ3n) is 6.15. The van der Waals surface area contributed by atoms with E-state index in [1.165, 1.54) is 25.0 Å². The molecule has 2 aliphatic heterocycles. The maximum atomic E-state index is 13.2. The summed E-state index contributed by atoms with van der Waals surface area (Å²) in [5.41, 5.74) is 1.98. The molecule has 3 N–H and O–H groups in total. The molecule has 0 unspecified atom stereocenters. The number of ether oxygens (including phenoxy) is 2. The SMILES string of the molecule is CCCCCCNc1cccc2c1C(=O)OC21c2ccc(O)cc2Oc2cc(O)ccc21. The normalized spacial score (nSPS) is 14.8. The van der Waals surface area contributed by atoms with Gasteiger partial charge in [-0.25, -0.2) is 4.79 Å². The first-order valence-electron chi connectivity index (χ1n) is 11.0. The maximum absolute atomic E-state index is 13.2. The van der Waals surface area contributed by atoms with E-state index in [0.717, 1.165) is 25.1 Å². The van der Waals surface area contributed by atoms with Gasteiger partial charge in [-0.3, -0.25) is 0 Å². The first kappa shape index (κ1) is 20.2. The Morgan fingerprint density at radius 3 is 2.22 bits per heavy atom. The lowest BCUT2D eigenvalue weighted by Gasteiger charge is -2.36. The third kappa shape index (κ3) is 3.06. The maximum Gasteiger partial charge on any atom is 0.342 e. The molecule has 0 amide bonds. The van der Waals surface area contributed by atoms with Crippen LogP contribution in [0.5, 0.6) is 23.0 Å². The molecule has 2 aliphatic rings. The van der Waals surface area contributed by atoms with Crippen molar-refractivity contribution in [1.29, 1.82) is 0 Å². The minimum Gasteiger partial charge on any atom is -0.508 e. The van der Waals surface area contributed by atoms with E-state index in [9.17, 15) is 15.0 Å². The fraction of sp³-hybridized carbons (Fsp3) is 0.269. The lowest BCUT2D eigenvalue weighted by atomic mass is 9.77. The van der Waals surface area contributed by atoms with E-state index < -0.39 is 11.6 Å². The average molecular weight is 431 g/mol. The standard InChI is InChI=1S/C26H25NO5/c1-2-3-4-5-13-27-21-8-6-7-20-24(21)25(30)32-26(20)18-11-9-16(28)14-22(18)31-23-15-17(29)10-12-19(23)26/h6-12,14-15,27-29H,2-5,13H2,1H3. The van der Waals surface area contributed by atoms with Gasteiger partial charge in [0.05, 0.1) is 5.56 Å². The van der Waals surface area contributed by atoms with Crippen LogP contribution in [0.3, 0.4) is 0 Å². The van der Waals surface area contributed by atoms with Gasteiger partial charge in [0.25, 0.3) is 0 Å². The Hall–Kier alpha value is -3.67. The van der Waals surface area contributed by atoms with Crippen LogP contribution in [0.4, 0.5) is 5.69 Å². The molecule has 164 valence electrons. The zero-order valence-electron chi connectivity index (χ0n) is 17.9. The fourth-order valence-electron chi connectivity index (χ4n) is 4.67. The number of esters is 1. The van der Waals surface area contributed by atoms with Gasteiger partial charge in [-0.1, -0.05) is 38.3 Å². The van der Waals surface area contributed by atoms with Gasteiger partial charge >= 0.3 is 5.97 Å². The van der Waals surface area contributed by atoms with E-state index in [4.69, 9.17) is 9.47 Å². The van der Waals surface area contributed by atoms with Crippen molar-refractivity contribution in [3.8, 4) is 23.0 Å². The van der Waals surface area contributed by atoms with E-state index in [0.29, 0.717) is 33.8 Å². The summed E-state index contributed by atoms with van der Waals surface area (Å²) in [5, 5.41) is 23.5. The Labute approximate surface area is 186 Å². The zero-order chi connectivity index (χ0) is 22.3. The first-order valence-corrected chi connectivity index (χ1v) is 11.0. The van der Waals surface area contributed by atoms with Crippen LogP contribution in [0.2, 0.25) is 0 Å². The molecule has 0 saturated heterocycles. The molecule has 0 atom stereocenters. The summed E-state index contributed by atoms with van der Waals surface area (Å²) in [6.45, 7) is 2.95. The summed E-state index contributed by atoms with van der Waals surface area (Å²) in [6, 6.07) is 15.2. The number of hydrogen-bond acceptors (Lipinski definition) is 6. The van der Waals surface area contributed by atoms with Crippen molar-refractivity contribution in [2.75, 3.05) is 11.9 Å². The van der Waals surface area contributed by atoms with Crippen LogP contribution in [0.25, 0.3) is 0 Å². The van der Waals surface area contributed by atoms with Crippen molar-refractivity contribution < 1.29 is 24.5 Å². The Bertz CT molecular complexity index is 1150. The molecule has 0 fully saturated rings. The highest BCUT2D eigenvalue weighted by atomic mass is 16.6. The Balaban J connectivity index is 1.65. The summed E-state index contributed by atoms with van der Waals surface area (Å²) >= 11 is 0. The van der Waals surface area contributed by atoms with Crippen LogP contribution < -0.4 is 10.1 Å². The molecule has 0 bridgehead atoms. The van der Waals surface area contributed by atoms with Crippen LogP contribution in [-0.2, 0) is 10.3 Å². The van der Waals surface area contributed by atoms with Gasteiger partial charge in [-0.15, -0.1) is 0 Å². The number of fused-ring (bicyclic) bond motifs is 6. The molecule has 0 saturated carbocycles. The van der Waals surface area contributed by atoms with Crippen LogP contribution in [0.1, 0.15) is 59.7 Å². The van der Waals surface area contributed by atoms with E-state index in [-0.39, 0.29) is 11.5 Å². The molecule has 6 nitrogen and oxygen atoms in total. The predicted octanol–water partition coefficient (Wildman–Crippen LogP) is 5.66. The molecular weight excluding hydrogens is 406 g/mol. The van der Waals surface area contributed by atoms with Crippen molar-refractivity contribution in [2.24, 2.45) is 0 Å². The molecule has 0 radical (unpaired) electrons. The molecule has 2 heterocycles. The van der Waals surface area contributed by atoms with Crippen molar-refractivity contribution in [3.05, 3.63) is 76.9 Å². The van der Waals surface area contributed by atoms with E-state index >= 15 is 0 Å². The largest absolute Gasteiger partial charge is 0.508 e. The van der Waals surface area contributed by atoms with Crippen LogP contribution in [0.15, 0.2) is 54.6 Å². The van der Waals surface area contributed by atoms with Crippen molar-refractivity contribution in [2.45, 2.75) is 38.2 Å². The molecule has 6 heteroatoms. The second-order valence-corrected chi connectivity index (χ2v) is 8.25. The van der Waals surface area contributed by atoms with Gasteiger partial charge in [0, 0.05) is 41.1 Å². The lowest BCUT2D eigenvalue weighted by Crippen LogP contribution is -2.32. The molecule has 0 aromatic heterocycles. The summed E-state index contributed by atoms with van der Waals surface area (Å²) in [5.74, 6) is 0.407. The van der Waals surface area contributed by atoms with Gasteiger partial charge < -0.3 is 25.0 Å². The molecule has 5 rings (SSSR count). The van der Waals surface area contributed by atoms with Gasteiger partial charge in [-0.05, 0) is 36.8 Å². The number of nitrogens with one attached hydrogen (secondary N) is 1. The van der Waals surface area contributed by atoms with Crippen molar-refractivity contribution >= 4 is 11.7 Å². The number of phenolic OH excluding ortho intramolecular Hbond substituents is 2. The number of phenols is 2. The minimum atomic E-state index is -1.23. The van der Waals surface area contributed by atoms with Crippen LogP contribution in [0, 0.1) is 0 Å². The average Bonchev–Trinajstić information content (AvgIpc) is 3.07. The number of carbonyl (C=O) groups is 1. The highest BCUT2D eigenvalue weighted by Gasteiger charge is 2.54. The second-order valence-electron chi connectivity index (χ2n) is 8.25. The van der Waals surface area contributed by atoms with Crippen LogP contribution >= 0.6 is 0 Å². The smallest absolute Gasteiger partial charge is 0.342 e. The fourth-order valence-corrected chi connectivity index (χ4v) is 4.67. The quantitative estimate of drug-likeness (QED) is 0.345. The van der Waals surface area contributed by atoms with E-state index in [1.54, 1.807) is 24.3 Å². The number of carbonyl (C=O) groups excluding carboxylic acids is 1. The van der Waals surface area contributed by atoms with Gasteiger partial charge in [0.1, 0.15) is 23.0 Å². The monoisotopic (exact) mass is 431 g/mol. The number of benzene rings is 3. The van der Waals surface area contributed by atoms with Crippen molar-refractivity contribution in [3.63, 3.8) is 0 Å². The molecule has 3 aromatic rings. The minimum absolute atomic E-state index is 0.0366.